The summed E-state index contributed by atoms with van der Waals surface area (Å²) in [6.07, 6.45) is 5.10. The van der Waals surface area contributed by atoms with E-state index in [-0.39, 0.29) is 35.7 Å². The first-order chi connectivity index (χ1) is 15.8. The normalized spacial score (nSPS) is 14.8. The van der Waals surface area contributed by atoms with Crippen molar-refractivity contribution in [1.29, 1.82) is 0 Å². The van der Waals surface area contributed by atoms with Gasteiger partial charge in [0, 0.05) is 12.8 Å². The lowest BCUT2D eigenvalue weighted by Crippen LogP contribution is -2.57. The van der Waals surface area contributed by atoms with E-state index in [4.69, 9.17) is 0 Å². The summed E-state index contributed by atoms with van der Waals surface area (Å²) in [5.41, 5.74) is 0.340. The molecule has 3 amide bonds. The molecule has 0 aromatic heterocycles. The largest absolute Gasteiger partial charge is 0.617 e. The van der Waals surface area contributed by atoms with E-state index in [1.165, 1.54) is 6.26 Å². The van der Waals surface area contributed by atoms with E-state index in [0.717, 1.165) is 19.3 Å². The van der Waals surface area contributed by atoms with Crippen molar-refractivity contribution in [2.24, 2.45) is 11.8 Å². The first kappa shape index (κ1) is 32.1. The third-order valence-electron chi connectivity index (χ3n) is 5.36. The topological polar surface area (TPSA) is 127 Å². The summed E-state index contributed by atoms with van der Waals surface area (Å²) in [5.74, 6) is -1.30. The third-order valence-corrected chi connectivity index (χ3v) is 6.17. The summed E-state index contributed by atoms with van der Waals surface area (Å²) in [6, 6.07) is -2.54. The second-order valence-electron chi connectivity index (χ2n) is 9.71. The lowest BCUT2D eigenvalue weighted by atomic mass is 9.96. The van der Waals surface area contributed by atoms with Crippen LogP contribution in [0.4, 0.5) is 0 Å². The van der Waals surface area contributed by atoms with E-state index >= 15 is 0 Å². The summed E-state index contributed by atoms with van der Waals surface area (Å²) < 4.78 is 11.7. The van der Waals surface area contributed by atoms with Gasteiger partial charge in [-0.25, -0.2) is 0 Å². The Hall–Kier alpha value is -1.87. The molecule has 0 aliphatic carbocycles. The molecule has 4 atom stereocenters. The van der Waals surface area contributed by atoms with E-state index in [0.29, 0.717) is 18.4 Å². The van der Waals surface area contributed by atoms with Crippen molar-refractivity contribution in [1.82, 2.24) is 16.0 Å². The van der Waals surface area contributed by atoms with Crippen molar-refractivity contribution >= 4 is 34.7 Å². The van der Waals surface area contributed by atoms with Crippen LogP contribution in [0.2, 0.25) is 0 Å². The van der Waals surface area contributed by atoms with Crippen LogP contribution in [0.25, 0.3) is 0 Å². The van der Waals surface area contributed by atoms with Gasteiger partial charge in [-0.1, -0.05) is 65.2 Å². The van der Waals surface area contributed by atoms with Gasteiger partial charge in [0.15, 0.2) is 5.78 Å². The number of hydrogen-bond donors (Lipinski definition) is 3. The smallest absolute Gasteiger partial charge is 0.243 e. The molecule has 0 aromatic carbocycles. The molecule has 0 saturated heterocycles. The highest BCUT2D eigenvalue weighted by Crippen LogP contribution is 2.11. The monoisotopic (exact) mass is 499 g/mol. The molecule has 3 N–H and O–H groups in total. The Morgan fingerprint density at radius 2 is 1.53 bits per heavy atom. The van der Waals surface area contributed by atoms with Gasteiger partial charge < -0.3 is 20.5 Å². The lowest BCUT2D eigenvalue weighted by Gasteiger charge is -2.27. The zero-order chi connectivity index (χ0) is 26.4. The molecule has 2 unspecified atom stereocenters. The molecule has 0 fully saturated rings. The number of carbonyl (C=O) groups excluding carboxylic acids is 4. The van der Waals surface area contributed by atoms with Gasteiger partial charge in [-0.3, -0.25) is 19.2 Å². The highest BCUT2D eigenvalue weighted by atomic mass is 32.2. The molecule has 0 radical (unpaired) electrons. The van der Waals surface area contributed by atoms with Crippen LogP contribution in [0.3, 0.4) is 0 Å². The third kappa shape index (κ3) is 13.1. The number of amides is 3. The van der Waals surface area contributed by atoms with Gasteiger partial charge in [-0.15, -0.1) is 0 Å². The molecule has 8 nitrogen and oxygen atoms in total. The maximum atomic E-state index is 13.1. The standard InChI is InChI=1S/C25H45N3O5S/c1-9-10-11-12-21(29)28-22(17(4)5)25(32)26-19(13-14-34(8)33)24(31)27-20(15-16(2)3)23(30)18(6)7/h16-17,19-20,22H,6,9-15H2,1-5,7-8H3,(H,26,32)(H,27,31)(H,28,29)/t19-,20?,22-,34?/m0/s1. The highest BCUT2D eigenvalue weighted by molar-refractivity contribution is 7.90. The number of rotatable bonds is 17. The Labute approximate surface area is 208 Å². The minimum absolute atomic E-state index is 0.144. The molecule has 0 heterocycles. The summed E-state index contributed by atoms with van der Waals surface area (Å²) in [6.45, 7) is 14.9. The summed E-state index contributed by atoms with van der Waals surface area (Å²) >= 11 is -1.17. The van der Waals surface area contributed by atoms with Crippen LogP contribution in [0, 0.1) is 11.8 Å². The van der Waals surface area contributed by atoms with E-state index in [1.807, 2.05) is 34.6 Å². The Bertz CT molecular complexity index is 694. The molecule has 0 aromatic rings. The predicted molar refractivity (Wildman–Crippen MR) is 138 cm³/mol. The van der Waals surface area contributed by atoms with Gasteiger partial charge in [0.2, 0.25) is 17.7 Å². The number of Topliss-reactive ketones (excluding diaryl/α,β-unsaturated/α-hetero) is 1. The summed E-state index contributed by atoms with van der Waals surface area (Å²) in [5, 5.41) is 8.25. The van der Waals surface area contributed by atoms with E-state index in [1.54, 1.807) is 6.92 Å². The summed E-state index contributed by atoms with van der Waals surface area (Å²) in [7, 11) is 0. The van der Waals surface area contributed by atoms with Crippen molar-refractivity contribution in [3.05, 3.63) is 12.2 Å². The van der Waals surface area contributed by atoms with E-state index < -0.39 is 41.1 Å². The molecular formula is C25H45N3O5S. The van der Waals surface area contributed by atoms with Crippen molar-refractivity contribution < 1.29 is 23.7 Å². The fraction of sp³-hybridized carbons (Fsp3) is 0.760. The molecule has 0 bridgehead atoms. The predicted octanol–water partition coefficient (Wildman–Crippen LogP) is 2.64. The fourth-order valence-electron chi connectivity index (χ4n) is 3.40. The molecule has 0 saturated carbocycles. The Balaban J connectivity index is 5.51. The molecule has 0 rings (SSSR count). The number of carbonyl (C=O) groups is 4. The van der Waals surface area contributed by atoms with Gasteiger partial charge >= 0.3 is 0 Å². The van der Waals surface area contributed by atoms with Crippen molar-refractivity contribution in [3.63, 3.8) is 0 Å². The van der Waals surface area contributed by atoms with Crippen LogP contribution in [-0.4, -0.2) is 58.2 Å². The maximum Gasteiger partial charge on any atom is 0.243 e. The van der Waals surface area contributed by atoms with E-state index in [9.17, 15) is 23.7 Å². The van der Waals surface area contributed by atoms with Crippen LogP contribution < -0.4 is 16.0 Å². The van der Waals surface area contributed by atoms with Crippen molar-refractivity contribution in [2.45, 2.75) is 98.2 Å². The van der Waals surface area contributed by atoms with Gasteiger partial charge in [0.05, 0.1) is 12.3 Å². The lowest BCUT2D eigenvalue weighted by molar-refractivity contribution is -0.134. The molecule has 196 valence electrons. The van der Waals surface area contributed by atoms with Gasteiger partial charge in [-0.05, 0) is 37.2 Å². The highest BCUT2D eigenvalue weighted by Gasteiger charge is 2.31. The summed E-state index contributed by atoms with van der Waals surface area (Å²) in [4.78, 5) is 51.0. The second-order valence-corrected chi connectivity index (χ2v) is 11.3. The first-order valence-corrected chi connectivity index (χ1v) is 13.9. The van der Waals surface area contributed by atoms with Gasteiger partial charge in [0.25, 0.3) is 0 Å². The molecule has 0 aliphatic rings. The molecule has 0 spiro atoms. The van der Waals surface area contributed by atoms with Crippen LogP contribution in [0.15, 0.2) is 12.2 Å². The average Bonchev–Trinajstić information content (AvgIpc) is 2.72. The Morgan fingerprint density at radius 3 is 2.00 bits per heavy atom. The minimum Gasteiger partial charge on any atom is -0.617 e. The number of nitrogens with one attached hydrogen (secondary N) is 3. The van der Waals surface area contributed by atoms with Crippen LogP contribution in [0.1, 0.15) is 80.1 Å². The molecule has 0 aliphatic heterocycles. The first-order valence-electron chi connectivity index (χ1n) is 12.2. The van der Waals surface area contributed by atoms with Crippen LogP contribution >= 0.6 is 0 Å². The maximum absolute atomic E-state index is 13.1. The average molecular weight is 500 g/mol. The zero-order valence-electron chi connectivity index (χ0n) is 22.0. The number of hydrogen-bond acceptors (Lipinski definition) is 5. The quantitative estimate of drug-likeness (QED) is 0.161. The van der Waals surface area contributed by atoms with Crippen LogP contribution in [-0.2, 0) is 30.4 Å². The number of unbranched alkanes of at least 4 members (excludes halogenated alkanes) is 2. The van der Waals surface area contributed by atoms with Gasteiger partial charge in [-0.2, -0.15) is 0 Å². The SMILES string of the molecule is C=C(C)C(=O)C(CC(C)C)NC(=O)[C@H](CC[S+](C)[O-])NC(=O)[C@@H](NC(=O)CCCCC)C(C)C. The Morgan fingerprint density at radius 1 is 0.941 bits per heavy atom. The van der Waals surface area contributed by atoms with Crippen LogP contribution in [0.5, 0.6) is 0 Å². The van der Waals surface area contributed by atoms with Crippen molar-refractivity contribution in [3.8, 4) is 0 Å². The Kier molecular flexibility index (Phi) is 15.8. The van der Waals surface area contributed by atoms with E-state index in [2.05, 4.69) is 22.5 Å². The fourth-order valence-corrected chi connectivity index (χ4v) is 3.97. The molecular weight excluding hydrogens is 454 g/mol. The van der Waals surface area contributed by atoms with Crippen molar-refractivity contribution in [2.75, 3.05) is 12.0 Å². The number of ketones is 1. The van der Waals surface area contributed by atoms with Gasteiger partial charge in [0.1, 0.15) is 17.8 Å². The minimum atomic E-state index is -1.17. The molecule has 34 heavy (non-hydrogen) atoms. The molecule has 9 heteroatoms. The second kappa shape index (κ2) is 16.7. The zero-order valence-corrected chi connectivity index (χ0v) is 22.8.